The first-order chi connectivity index (χ1) is 9.59. The number of amides is 1. The van der Waals surface area contributed by atoms with Gasteiger partial charge in [-0.25, -0.2) is 13.2 Å². The van der Waals surface area contributed by atoms with Crippen molar-refractivity contribution in [2.75, 3.05) is 18.8 Å². The number of likely N-dealkylation sites (tertiary alicyclic amines) is 1. The summed E-state index contributed by atoms with van der Waals surface area (Å²) in [5.41, 5.74) is -0.261. The summed E-state index contributed by atoms with van der Waals surface area (Å²) >= 11 is 0. The van der Waals surface area contributed by atoms with Gasteiger partial charge in [-0.2, -0.15) is 0 Å². The van der Waals surface area contributed by atoms with E-state index in [0.29, 0.717) is 31.6 Å². The summed E-state index contributed by atoms with van der Waals surface area (Å²) < 4.78 is 29.0. The predicted molar refractivity (Wildman–Crippen MR) is 77.4 cm³/mol. The van der Waals surface area contributed by atoms with Crippen LogP contribution in [0.1, 0.15) is 40.0 Å². The minimum absolute atomic E-state index is 0.185. The maximum absolute atomic E-state index is 12.3. The minimum atomic E-state index is -3.32. The standard InChI is InChI=1S/C13H22N2O5S/c1-12(2,3)20-11(16)15-6-4-13(5-7-15)8-10(14-17)9-21(13,18)19/h17H,4-9H2,1-3H3/b14-10-. The second-order valence-corrected chi connectivity index (χ2v) is 9.14. The molecule has 0 bridgehead atoms. The van der Waals surface area contributed by atoms with Crippen LogP contribution in [0.15, 0.2) is 5.16 Å². The molecule has 2 heterocycles. The molecule has 1 N–H and O–H groups in total. The highest BCUT2D eigenvalue weighted by atomic mass is 32.2. The maximum Gasteiger partial charge on any atom is 0.410 e. The fraction of sp³-hybridized carbons (Fsp3) is 0.846. The monoisotopic (exact) mass is 318 g/mol. The number of hydrogen-bond acceptors (Lipinski definition) is 6. The summed E-state index contributed by atoms with van der Waals surface area (Å²) in [5.74, 6) is -0.185. The third kappa shape index (κ3) is 3.14. The van der Waals surface area contributed by atoms with E-state index in [9.17, 15) is 13.2 Å². The molecule has 0 radical (unpaired) electrons. The molecule has 0 aliphatic carbocycles. The van der Waals surface area contributed by atoms with Crippen LogP contribution in [-0.2, 0) is 14.6 Å². The molecular weight excluding hydrogens is 296 g/mol. The van der Waals surface area contributed by atoms with Gasteiger partial charge in [-0.15, -0.1) is 0 Å². The highest BCUT2D eigenvalue weighted by molar-refractivity contribution is 7.94. The number of nitrogens with zero attached hydrogens (tertiary/aromatic N) is 2. The summed E-state index contributed by atoms with van der Waals surface area (Å²) in [5, 5.41) is 11.9. The van der Waals surface area contributed by atoms with E-state index in [1.54, 1.807) is 25.7 Å². The lowest BCUT2D eigenvalue weighted by Gasteiger charge is -2.38. The van der Waals surface area contributed by atoms with Crippen molar-refractivity contribution in [3.8, 4) is 0 Å². The fourth-order valence-corrected chi connectivity index (χ4v) is 4.98. The zero-order valence-electron chi connectivity index (χ0n) is 12.6. The first kappa shape index (κ1) is 16.1. The van der Waals surface area contributed by atoms with E-state index in [2.05, 4.69) is 5.16 Å². The Balaban J connectivity index is 2.05. The number of carbonyl (C=O) groups excluding carboxylic acids is 1. The van der Waals surface area contributed by atoms with Gasteiger partial charge in [0.05, 0.1) is 16.2 Å². The molecule has 2 saturated heterocycles. The van der Waals surface area contributed by atoms with Crippen molar-refractivity contribution in [3.63, 3.8) is 0 Å². The van der Waals surface area contributed by atoms with Gasteiger partial charge in [-0.3, -0.25) is 0 Å². The Labute approximate surface area is 124 Å². The lowest BCUT2D eigenvalue weighted by molar-refractivity contribution is 0.0196. The van der Waals surface area contributed by atoms with Gasteiger partial charge < -0.3 is 14.8 Å². The van der Waals surface area contributed by atoms with E-state index in [-0.39, 0.29) is 12.2 Å². The highest BCUT2D eigenvalue weighted by Crippen LogP contribution is 2.40. The van der Waals surface area contributed by atoms with Gasteiger partial charge in [0.1, 0.15) is 5.60 Å². The summed E-state index contributed by atoms with van der Waals surface area (Å²) in [4.78, 5) is 13.5. The zero-order valence-corrected chi connectivity index (χ0v) is 13.4. The molecule has 8 heteroatoms. The van der Waals surface area contributed by atoms with Crippen LogP contribution in [0, 0.1) is 0 Å². The van der Waals surface area contributed by atoms with Crippen molar-refractivity contribution < 1.29 is 23.2 Å². The number of sulfone groups is 1. The second kappa shape index (κ2) is 5.15. The average molecular weight is 318 g/mol. The molecule has 0 aromatic rings. The summed E-state index contributed by atoms with van der Waals surface area (Å²) in [6.07, 6.45) is 0.554. The maximum atomic E-state index is 12.3. The Morgan fingerprint density at radius 2 is 1.90 bits per heavy atom. The quantitative estimate of drug-likeness (QED) is 0.538. The first-order valence-electron chi connectivity index (χ1n) is 6.99. The number of piperidine rings is 1. The van der Waals surface area contributed by atoms with Crippen LogP contribution in [0.2, 0.25) is 0 Å². The Bertz CT molecular complexity index is 554. The molecule has 2 aliphatic rings. The van der Waals surface area contributed by atoms with Crippen LogP contribution >= 0.6 is 0 Å². The molecule has 21 heavy (non-hydrogen) atoms. The Morgan fingerprint density at radius 3 is 2.33 bits per heavy atom. The number of hydrogen-bond donors (Lipinski definition) is 1. The van der Waals surface area contributed by atoms with Crippen molar-refractivity contribution in [2.24, 2.45) is 5.16 Å². The average Bonchev–Trinajstić information content (AvgIpc) is 2.59. The third-order valence-electron chi connectivity index (χ3n) is 4.01. The number of ether oxygens (including phenoxy) is 1. The molecule has 0 atom stereocenters. The predicted octanol–water partition coefficient (Wildman–Crippen LogP) is 1.40. The zero-order chi connectivity index (χ0) is 15.9. The summed E-state index contributed by atoms with van der Waals surface area (Å²) in [6.45, 7) is 6.06. The molecule has 1 spiro atoms. The Hall–Kier alpha value is -1.31. The SMILES string of the molecule is CC(C)(C)OC(=O)N1CCC2(CC1)C/C(=N/O)CS2(=O)=O. The van der Waals surface area contributed by atoms with Gasteiger partial charge in [0.2, 0.25) is 0 Å². The summed E-state index contributed by atoms with van der Waals surface area (Å²) in [6, 6.07) is 0. The first-order valence-corrected chi connectivity index (χ1v) is 8.64. The molecule has 0 aromatic heterocycles. The van der Waals surface area contributed by atoms with Crippen LogP contribution in [0.4, 0.5) is 4.79 Å². The molecule has 0 aromatic carbocycles. The Morgan fingerprint density at radius 1 is 1.33 bits per heavy atom. The van der Waals surface area contributed by atoms with E-state index in [1.165, 1.54) is 0 Å². The van der Waals surface area contributed by atoms with Crippen LogP contribution in [0.3, 0.4) is 0 Å². The normalized spacial score (nSPS) is 26.2. The number of oxime groups is 1. The van der Waals surface area contributed by atoms with E-state index in [1.807, 2.05) is 0 Å². The molecule has 2 fully saturated rings. The molecule has 0 unspecified atom stereocenters. The molecule has 7 nitrogen and oxygen atoms in total. The largest absolute Gasteiger partial charge is 0.444 e. The fourth-order valence-electron chi connectivity index (χ4n) is 2.88. The van der Waals surface area contributed by atoms with Crippen molar-refractivity contribution >= 4 is 21.6 Å². The van der Waals surface area contributed by atoms with Crippen molar-refractivity contribution in [3.05, 3.63) is 0 Å². The van der Waals surface area contributed by atoms with Crippen molar-refractivity contribution in [1.82, 2.24) is 4.90 Å². The van der Waals surface area contributed by atoms with E-state index in [4.69, 9.17) is 9.94 Å². The second-order valence-electron chi connectivity index (χ2n) is 6.75. The van der Waals surface area contributed by atoms with E-state index < -0.39 is 26.3 Å². The number of rotatable bonds is 0. The molecule has 2 rings (SSSR count). The van der Waals surface area contributed by atoms with Crippen molar-refractivity contribution in [1.29, 1.82) is 0 Å². The molecule has 1 amide bonds. The lowest BCUT2D eigenvalue weighted by atomic mass is 9.91. The van der Waals surface area contributed by atoms with Gasteiger partial charge in [0.15, 0.2) is 9.84 Å². The smallest absolute Gasteiger partial charge is 0.410 e. The van der Waals surface area contributed by atoms with E-state index in [0.717, 1.165) is 0 Å². The Kier molecular flexibility index (Phi) is 3.94. The molecule has 120 valence electrons. The van der Waals surface area contributed by atoms with Gasteiger partial charge in [-0.1, -0.05) is 5.16 Å². The van der Waals surface area contributed by atoms with E-state index >= 15 is 0 Å². The molecular formula is C13H22N2O5S. The van der Waals surface area contributed by atoms with Crippen LogP contribution < -0.4 is 0 Å². The van der Waals surface area contributed by atoms with Crippen LogP contribution in [-0.4, -0.2) is 59.5 Å². The van der Waals surface area contributed by atoms with Crippen LogP contribution in [0.5, 0.6) is 0 Å². The highest BCUT2D eigenvalue weighted by Gasteiger charge is 2.52. The topological polar surface area (TPSA) is 96.3 Å². The van der Waals surface area contributed by atoms with Gasteiger partial charge in [0.25, 0.3) is 0 Å². The van der Waals surface area contributed by atoms with Gasteiger partial charge >= 0.3 is 6.09 Å². The number of carbonyl (C=O) groups is 1. The molecule has 2 aliphatic heterocycles. The van der Waals surface area contributed by atoms with Crippen molar-refractivity contribution in [2.45, 2.75) is 50.4 Å². The van der Waals surface area contributed by atoms with Crippen LogP contribution in [0.25, 0.3) is 0 Å². The third-order valence-corrected chi connectivity index (χ3v) is 6.60. The van der Waals surface area contributed by atoms with Gasteiger partial charge in [0, 0.05) is 19.5 Å². The molecule has 0 saturated carbocycles. The summed E-state index contributed by atoms with van der Waals surface area (Å²) in [7, 11) is -3.32. The van der Waals surface area contributed by atoms with Gasteiger partial charge in [-0.05, 0) is 33.6 Å². The lowest BCUT2D eigenvalue weighted by Crippen LogP contribution is -2.50. The minimum Gasteiger partial charge on any atom is -0.444 e.